The number of hydrogen-bond donors (Lipinski definition) is 1. The standard InChI is InChI=1S/C18H20N8O/c1-25-17(7-9-20-25)22-18-19-8-6-14(21-18)13-4-5-16-15(12-13)23-24-26(16)10-3-11-27-2/h4-9,12H,3,10-11H2,1-2H3,(H,19,21,22). The van der Waals surface area contributed by atoms with Gasteiger partial charge in [0.1, 0.15) is 11.3 Å². The fourth-order valence-electron chi connectivity index (χ4n) is 2.85. The van der Waals surface area contributed by atoms with Crippen molar-refractivity contribution in [2.24, 2.45) is 7.05 Å². The highest BCUT2D eigenvalue weighted by Gasteiger charge is 2.09. The molecule has 0 bridgehead atoms. The fraction of sp³-hybridized carbons (Fsp3) is 0.278. The number of anilines is 2. The molecule has 1 aromatic carbocycles. The Balaban J connectivity index is 1.59. The summed E-state index contributed by atoms with van der Waals surface area (Å²) in [6.07, 6.45) is 4.34. The van der Waals surface area contributed by atoms with E-state index in [4.69, 9.17) is 4.74 Å². The first-order chi connectivity index (χ1) is 13.2. The molecule has 3 heterocycles. The number of benzene rings is 1. The number of aryl methyl sites for hydroxylation is 2. The van der Waals surface area contributed by atoms with Crippen molar-refractivity contribution in [2.75, 3.05) is 19.0 Å². The quantitative estimate of drug-likeness (QED) is 0.503. The summed E-state index contributed by atoms with van der Waals surface area (Å²) in [5.41, 5.74) is 3.61. The fourth-order valence-corrected chi connectivity index (χ4v) is 2.85. The number of rotatable bonds is 7. The van der Waals surface area contributed by atoms with Crippen LogP contribution in [-0.2, 0) is 18.3 Å². The van der Waals surface area contributed by atoms with Crippen LogP contribution in [0, 0.1) is 0 Å². The van der Waals surface area contributed by atoms with Gasteiger partial charge in [0.2, 0.25) is 5.95 Å². The van der Waals surface area contributed by atoms with Gasteiger partial charge in [-0.05, 0) is 24.6 Å². The van der Waals surface area contributed by atoms with Crippen molar-refractivity contribution in [3.63, 3.8) is 0 Å². The Kier molecular flexibility index (Phi) is 4.75. The van der Waals surface area contributed by atoms with Gasteiger partial charge in [0.25, 0.3) is 0 Å². The van der Waals surface area contributed by atoms with Gasteiger partial charge in [-0.25, -0.2) is 14.6 Å². The minimum atomic E-state index is 0.513. The lowest BCUT2D eigenvalue weighted by atomic mass is 10.1. The molecular formula is C18H20N8O. The van der Waals surface area contributed by atoms with Crippen molar-refractivity contribution in [1.29, 1.82) is 0 Å². The van der Waals surface area contributed by atoms with Crippen LogP contribution in [0.25, 0.3) is 22.3 Å². The molecule has 0 fully saturated rings. The Labute approximate surface area is 156 Å². The van der Waals surface area contributed by atoms with Gasteiger partial charge in [-0.2, -0.15) is 5.10 Å². The van der Waals surface area contributed by atoms with Gasteiger partial charge in [0.15, 0.2) is 0 Å². The van der Waals surface area contributed by atoms with Gasteiger partial charge >= 0.3 is 0 Å². The molecule has 0 saturated heterocycles. The summed E-state index contributed by atoms with van der Waals surface area (Å²) in [6, 6.07) is 9.77. The second-order valence-corrected chi connectivity index (χ2v) is 6.09. The van der Waals surface area contributed by atoms with Crippen LogP contribution in [0.15, 0.2) is 42.7 Å². The minimum absolute atomic E-state index is 0.513. The van der Waals surface area contributed by atoms with Crippen molar-refractivity contribution >= 4 is 22.8 Å². The van der Waals surface area contributed by atoms with Crippen LogP contribution in [0.2, 0.25) is 0 Å². The predicted octanol–water partition coefficient (Wildman–Crippen LogP) is 2.40. The van der Waals surface area contributed by atoms with E-state index in [1.54, 1.807) is 24.2 Å². The third kappa shape index (κ3) is 3.63. The number of methoxy groups -OCH3 is 1. The largest absolute Gasteiger partial charge is 0.385 e. The van der Waals surface area contributed by atoms with Crippen molar-refractivity contribution in [1.82, 2.24) is 34.7 Å². The van der Waals surface area contributed by atoms with E-state index < -0.39 is 0 Å². The van der Waals surface area contributed by atoms with Gasteiger partial charge < -0.3 is 10.1 Å². The van der Waals surface area contributed by atoms with Crippen LogP contribution < -0.4 is 5.32 Å². The van der Waals surface area contributed by atoms with Crippen LogP contribution in [0.4, 0.5) is 11.8 Å². The highest BCUT2D eigenvalue weighted by molar-refractivity contribution is 5.80. The van der Waals surface area contributed by atoms with E-state index in [1.165, 1.54) is 0 Å². The van der Waals surface area contributed by atoms with E-state index in [2.05, 4.69) is 30.7 Å². The van der Waals surface area contributed by atoms with Gasteiger partial charge in [0, 0.05) is 45.1 Å². The normalized spacial score (nSPS) is 11.2. The van der Waals surface area contributed by atoms with Gasteiger partial charge in [-0.3, -0.25) is 4.68 Å². The zero-order chi connectivity index (χ0) is 18.6. The third-order valence-corrected chi connectivity index (χ3v) is 4.24. The van der Waals surface area contributed by atoms with Gasteiger partial charge in [0.05, 0.1) is 17.4 Å². The molecule has 0 spiro atoms. The van der Waals surface area contributed by atoms with Gasteiger partial charge in [-0.1, -0.05) is 11.3 Å². The zero-order valence-electron chi connectivity index (χ0n) is 15.2. The Morgan fingerprint density at radius 3 is 2.89 bits per heavy atom. The summed E-state index contributed by atoms with van der Waals surface area (Å²) in [7, 11) is 3.56. The maximum absolute atomic E-state index is 5.10. The highest BCUT2D eigenvalue weighted by atomic mass is 16.5. The van der Waals surface area contributed by atoms with Crippen molar-refractivity contribution in [3.05, 3.63) is 42.7 Å². The molecule has 9 nitrogen and oxygen atoms in total. The summed E-state index contributed by atoms with van der Waals surface area (Å²) in [5.74, 6) is 1.33. The van der Waals surface area contributed by atoms with E-state index in [0.29, 0.717) is 12.6 Å². The minimum Gasteiger partial charge on any atom is -0.385 e. The Morgan fingerprint density at radius 2 is 2.07 bits per heavy atom. The summed E-state index contributed by atoms with van der Waals surface area (Å²) in [4.78, 5) is 8.88. The number of nitrogens with one attached hydrogen (secondary N) is 1. The number of nitrogens with zero attached hydrogens (tertiary/aromatic N) is 7. The molecule has 0 aliphatic heterocycles. The molecule has 0 radical (unpaired) electrons. The summed E-state index contributed by atoms with van der Waals surface area (Å²) in [5, 5.41) is 15.8. The zero-order valence-corrected chi connectivity index (χ0v) is 15.2. The van der Waals surface area contributed by atoms with E-state index in [1.807, 2.05) is 42.1 Å². The molecule has 0 unspecified atom stereocenters. The van der Waals surface area contributed by atoms with Crippen LogP contribution in [-0.4, -0.2) is 48.5 Å². The number of fused-ring (bicyclic) bond motifs is 1. The molecule has 4 rings (SSSR count). The second kappa shape index (κ2) is 7.50. The predicted molar refractivity (Wildman–Crippen MR) is 102 cm³/mol. The van der Waals surface area contributed by atoms with Crippen molar-refractivity contribution < 1.29 is 4.74 Å². The van der Waals surface area contributed by atoms with Crippen molar-refractivity contribution in [2.45, 2.75) is 13.0 Å². The molecule has 9 heteroatoms. The molecule has 0 aliphatic rings. The van der Waals surface area contributed by atoms with Gasteiger partial charge in [-0.15, -0.1) is 5.10 Å². The molecule has 27 heavy (non-hydrogen) atoms. The SMILES string of the molecule is COCCCn1nnc2cc(-c3ccnc(Nc4ccnn4C)n3)ccc21. The summed E-state index contributed by atoms with van der Waals surface area (Å²) < 4.78 is 8.72. The lowest BCUT2D eigenvalue weighted by molar-refractivity contribution is 0.189. The Morgan fingerprint density at radius 1 is 1.15 bits per heavy atom. The molecule has 0 aliphatic carbocycles. The average Bonchev–Trinajstić information content (AvgIpc) is 3.28. The lowest BCUT2D eigenvalue weighted by Crippen LogP contribution is -2.03. The van der Waals surface area contributed by atoms with E-state index in [-0.39, 0.29) is 0 Å². The van der Waals surface area contributed by atoms with Crippen LogP contribution in [0.1, 0.15) is 6.42 Å². The molecule has 0 saturated carbocycles. The van der Waals surface area contributed by atoms with Crippen LogP contribution in [0.3, 0.4) is 0 Å². The molecule has 1 N–H and O–H groups in total. The van der Waals surface area contributed by atoms with Crippen LogP contribution in [0.5, 0.6) is 0 Å². The average molecular weight is 364 g/mol. The Bertz CT molecular complexity index is 1050. The molecule has 138 valence electrons. The first-order valence-corrected chi connectivity index (χ1v) is 8.65. The first-order valence-electron chi connectivity index (χ1n) is 8.65. The molecule has 0 atom stereocenters. The topological polar surface area (TPSA) is 95.6 Å². The van der Waals surface area contributed by atoms with E-state index in [9.17, 15) is 0 Å². The monoisotopic (exact) mass is 364 g/mol. The first kappa shape index (κ1) is 17.1. The maximum atomic E-state index is 5.10. The Hall–Kier alpha value is -3.33. The third-order valence-electron chi connectivity index (χ3n) is 4.24. The van der Waals surface area contributed by atoms with E-state index >= 15 is 0 Å². The maximum Gasteiger partial charge on any atom is 0.228 e. The smallest absolute Gasteiger partial charge is 0.228 e. The summed E-state index contributed by atoms with van der Waals surface area (Å²) in [6.45, 7) is 1.47. The van der Waals surface area contributed by atoms with Crippen LogP contribution >= 0.6 is 0 Å². The van der Waals surface area contributed by atoms with E-state index in [0.717, 1.165) is 41.1 Å². The summed E-state index contributed by atoms with van der Waals surface area (Å²) >= 11 is 0. The highest BCUT2D eigenvalue weighted by Crippen LogP contribution is 2.23. The molecule has 0 amide bonds. The number of ether oxygens (including phenoxy) is 1. The molecule has 4 aromatic rings. The second-order valence-electron chi connectivity index (χ2n) is 6.09. The number of aromatic nitrogens is 7. The molecular weight excluding hydrogens is 344 g/mol. The molecule has 3 aromatic heterocycles. The number of hydrogen-bond acceptors (Lipinski definition) is 7. The lowest BCUT2D eigenvalue weighted by Gasteiger charge is -2.07. The van der Waals surface area contributed by atoms with Crippen molar-refractivity contribution in [3.8, 4) is 11.3 Å².